The quantitative estimate of drug-likeness (QED) is 0.503. The molecule has 0 saturated heterocycles. The molecule has 0 aliphatic heterocycles. The molecule has 2 aromatic rings. The highest BCUT2D eigenvalue weighted by molar-refractivity contribution is 5.97. The number of pyridine rings is 1. The summed E-state index contributed by atoms with van der Waals surface area (Å²) in [6, 6.07) is 7.04. The first-order chi connectivity index (χ1) is 13.2. The largest absolute Gasteiger partial charge is 0.384 e. The molecule has 1 saturated carbocycles. The maximum Gasteiger partial charge on any atom is 0.271 e. The Morgan fingerprint density at radius 3 is 2.64 bits per heavy atom. The zero-order valence-electron chi connectivity index (χ0n) is 16.1. The maximum atomic E-state index is 11.8. The lowest BCUT2D eigenvalue weighted by Crippen LogP contribution is -2.42. The van der Waals surface area contributed by atoms with Crippen LogP contribution in [0, 0.1) is 0 Å². The third-order valence-electron chi connectivity index (χ3n) is 4.82. The van der Waals surface area contributed by atoms with E-state index in [2.05, 4.69) is 25.8 Å². The van der Waals surface area contributed by atoms with Gasteiger partial charge in [-0.2, -0.15) is 0 Å². The van der Waals surface area contributed by atoms with E-state index in [0.717, 1.165) is 25.7 Å². The zero-order chi connectivity index (χ0) is 20.3. The van der Waals surface area contributed by atoms with E-state index in [0.29, 0.717) is 23.0 Å². The van der Waals surface area contributed by atoms with Crippen molar-refractivity contribution in [3.8, 4) is 0 Å². The molecule has 3 rings (SSSR count). The Bertz CT molecular complexity index is 850. The van der Waals surface area contributed by atoms with Crippen LogP contribution in [0.25, 0.3) is 0 Å². The van der Waals surface area contributed by atoms with Gasteiger partial charge in [0.1, 0.15) is 11.4 Å². The van der Waals surface area contributed by atoms with Gasteiger partial charge in [0, 0.05) is 18.2 Å². The molecule has 0 radical (unpaired) electrons. The van der Waals surface area contributed by atoms with Gasteiger partial charge in [0.05, 0.1) is 11.4 Å². The van der Waals surface area contributed by atoms with Crippen molar-refractivity contribution in [2.45, 2.75) is 57.2 Å². The number of amides is 1. The minimum atomic E-state index is -1.09. The highest BCUT2D eigenvalue weighted by Crippen LogP contribution is 2.25. The third kappa shape index (κ3) is 4.73. The number of anilines is 3. The number of aromatic nitrogens is 3. The van der Waals surface area contributed by atoms with E-state index < -0.39 is 11.5 Å². The van der Waals surface area contributed by atoms with Crippen LogP contribution in [0.5, 0.6) is 0 Å². The van der Waals surface area contributed by atoms with E-state index in [1.165, 1.54) is 0 Å². The fraction of sp³-hybridized carbons (Fsp3) is 0.474. The van der Waals surface area contributed by atoms with Gasteiger partial charge in [0.25, 0.3) is 5.91 Å². The summed E-state index contributed by atoms with van der Waals surface area (Å²) in [5.41, 5.74) is 11.4. The molecule has 1 unspecified atom stereocenters. The van der Waals surface area contributed by atoms with Gasteiger partial charge in [0.15, 0.2) is 11.5 Å². The lowest BCUT2D eigenvalue weighted by atomic mass is 9.91. The van der Waals surface area contributed by atoms with E-state index in [4.69, 9.17) is 11.5 Å². The Kier molecular flexibility index (Phi) is 5.76. The number of nitrogens with one attached hydrogen (secondary N) is 2. The lowest BCUT2D eigenvalue weighted by Gasteiger charge is -2.29. The summed E-state index contributed by atoms with van der Waals surface area (Å²) in [7, 11) is 0. The van der Waals surface area contributed by atoms with E-state index in [9.17, 15) is 9.90 Å². The highest BCUT2D eigenvalue weighted by atomic mass is 16.3. The number of hydrogen-bond acceptors (Lipinski definition) is 8. The second-order valence-corrected chi connectivity index (χ2v) is 7.65. The smallest absolute Gasteiger partial charge is 0.271 e. The van der Waals surface area contributed by atoms with Crippen molar-refractivity contribution >= 4 is 23.2 Å². The van der Waals surface area contributed by atoms with Crippen molar-refractivity contribution in [3.05, 3.63) is 35.7 Å². The number of carbonyl (C=O) groups excluding carboxylic acids is 1. The second kappa shape index (κ2) is 8.07. The minimum absolute atomic E-state index is 0.00829. The lowest BCUT2D eigenvalue weighted by molar-refractivity contribution is 0.0740. The van der Waals surface area contributed by atoms with Gasteiger partial charge >= 0.3 is 0 Å². The molecule has 9 heteroatoms. The summed E-state index contributed by atoms with van der Waals surface area (Å²) in [6.07, 6.45) is 4.15. The van der Waals surface area contributed by atoms with Crippen LogP contribution >= 0.6 is 0 Å². The molecule has 2 heterocycles. The van der Waals surface area contributed by atoms with Crippen LogP contribution in [0.1, 0.15) is 55.7 Å². The van der Waals surface area contributed by atoms with Crippen molar-refractivity contribution in [1.82, 2.24) is 15.2 Å². The van der Waals surface area contributed by atoms with Gasteiger partial charge in [-0.3, -0.25) is 4.79 Å². The zero-order valence-corrected chi connectivity index (χ0v) is 16.1. The van der Waals surface area contributed by atoms with Crippen molar-refractivity contribution in [2.24, 2.45) is 11.5 Å². The Hall–Kier alpha value is -2.78. The molecule has 7 N–H and O–H groups in total. The van der Waals surface area contributed by atoms with Crippen molar-refractivity contribution in [3.63, 3.8) is 0 Å². The Morgan fingerprint density at radius 1 is 1.21 bits per heavy atom. The Balaban J connectivity index is 1.87. The van der Waals surface area contributed by atoms with Gasteiger partial charge in [0.2, 0.25) is 0 Å². The number of carbonyl (C=O) groups is 1. The van der Waals surface area contributed by atoms with Crippen molar-refractivity contribution in [1.29, 1.82) is 0 Å². The van der Waals surface area contributed by atoms with Gasteiger partial charge < -0.3 is 27.2 Å². The molecule has 1 aliphatic carbocycles. The number of hydrogen-bond donors (Lipinski definition) is 5. The van der Waals surface area contributed by atoms with Crippen LogP contribution < -0.4 is 22.1 Å². The van der Waals surface area contributed by atoms with E-state index in [1.54, 1.807) is 38.1 Å². The monoisotopic (exact) mass is 385 g/mol. The van der Waals surface area contributed by atoms with Gasteiger partial charge in [-0.05, 0) is 38.8 Å². The van der Waals surface area contributed by atoms with E-state index >= 15 is 0 Å². The number of rotatable bonds is 6. The predicted octanol–water partition coefficient (Wildman–Crippen LogP) is 1.62. The molecule has 2 atom stereocenters. The maximum absolute atomic E-state index is 11.8. The molecule has 1 amide bonds. The molecule has 0 bridgehead atoms. The summed E-state index contributed by atoms with van der Waals surface area (Å²) in [4.78, 5) is 16.2. The summed E-state index contributed by atoms with van der Waals surface area (Å²) < 4.78 is 0. The standard InChI is InChI=1S/C19H27N7O2/c1-19(2,28)14-8-5-9-15(24-14)23-13-10-16(25-26-17(13)18(21)27)22-12-7-4-3-6-11(12)20/h5,8-12,28H,3-4,6-7,20H2,1-2H3,(H2,21,27)(H2,22,23,24,25)/t11?,12-/m1/s1. The van der Waals surface area contributed by atoms with Gasteiger partial charge in [-0.1, -0.05) is 18.9 Å². The molecule has 0 spiro atoms. The molecule has 28 heavy (non-hydrogen) atoms. The van der Waals surface area contributed by atoms with E-state index in [1.807, 2.05) is 0 Å². The molecule has 9 nitrogen and oxygen atoms in total. The Labute approximate surface area is 163 Å². The molecular weight excluding hydrogens is 358 g/mol. The minimum Gasteiger partial charge on any atom is -0.384 e. The van der Waals surface area contributed by atoms with Crippen molar-refractivity contribution < 1.29 is 9.90 Å². The SMILES string of the molecule is CC(C)(O)c1cccc(Nc2cc(N[C@@H]3CCCCC3N)nnc2C(N)=O)n1. The first kappa shape index (κ1) is 20.0. The normalized spacial score (nSPS) is 19.9. The predicted molar refractivity (Wildman–Crippen MR) is 107 cm³/mol. The topological polar surface area (TPSA) is 152 Å². The van der Waals surface area contributed by atoms with Crippen LogP contribution in [0.2, 0.25) is 0 Å². The van der Waals surface area contributed by atoms with Crippen LogP contribution in [0.3, 0.4) is 0 Å². The fourth-order valence-corrected chi connectivity index (χ4v) is 3.25. The molecule has 0 aromatic carbocycles. The summed E-state index contributed by atoms with van der Waals surface area (Å²) in [5, 5.41) is 24.6. The number of aliphatic hydroxyl groups is 1. The molecule has 1 fully saturated rings. The Morgan fingerprint density at radius 2 is 1.96 bits per heavy atom. The fourth-order valence-electron chi connectivity index (χ4n) is 3.25. The average molecular weight is 385 g/mol. The molecule has 1 aliphatic rings. The highest BCUT2D eigenvalue weighted by Gasteiger charge is 2.23. The van der Waals surface area contributed by atoms with E-state index in [-0.39, 0.29) is 17.8 Å². The number of primary amides is 1. The third-order valence-corrected chi connectivity index (χ3v) is 4.82. The summed E-state index contributed by atoms with van der Waals surface area (Å²) in [5.74, 6) is 0.262. The molecular formula is C19H27N7O2. The van der Waals surface area contributed by atoms with Crippen LogP contribution in [0.15, 0.2) is 24.3 Å². The van der Waals surface area contributed by atoms with Gasteiger partial charge in [-0.15, -0.1) is 10.2 Å². The summed E-state index contributed by atoms with van der Waals surface area (Å²) >= 11 is 0. The first-order valence-corrected chi connectivity index (χ1v) is 9.40. The molecule has 150 valence electrons. The first-order valence-electron chi connectivity index (χ1n) is 9.40. The van der Waals surface area contributed by atoms with Crippen LogP contribution in [-0.4, -0.2) is 38.3 Å². The average Bonchev–Trinajstić information content (AvgIpc) is 2.63. The number of nitrogens with zero attached hydrogens (tertiary/aromatic N) is 3. The van der Waals surface area contributed by atoms with Crippen molar-refractivity contribution in [2.75, 3.05) is 10.6 Å². The second-order valence-electron chi connectivity index (χ2n) is 7.65. The van der Waals surface area contributed by atoms with Gasteiger partial charge in [-0.25, -0.2) is 4.98 Å². The number of nitrogens with two attached hydrogens (primary N) is 2. The molecule has 2 aromatic heterocycles. The van der Waals surface area contributed by atoms with Crippen LogP contribution in [0.4, 0.5) is 17.3 Å². The summed E-state index contributed by atoms with van der Waals surface area (Å²) in [6.45, 7) is 3.30. The van der Waals surface area contributed by atoms with Crippen LogP contribution in [-0.2, 0) is 5.60 Å².